The van der Waals surface area contributed by atoms with Crippen LogP contribution < -0.4 is 19.5 Å². The van der Waals surface area contributed by atoms with Crippen LogP contribution in [0.5, 0.6) is 17.2 Å². The first kappa shape index (κ1) is 13.6. The normalized spacial score (nSPS) is 12.4. The van der Waals surface area contributed by atoms with E-state index in [4.69, 9.17) is 14.2 Å². The summed E-state index contributed by atoms with van der Waals surface area (Å²) in [6.07, 6.45) is 1.55. The summed E-state index contributed by atoms with van der Waals surface area (Å²) in [7, 11) is 1.64. The summed E-state index contributed by atoms with van der Waals surface area (Å²) >= 11 is 0. The number of methoxy groups -OCH3 is 1. The second-order valence-electron chi connectivity index (χ2n) is 5.13. The van der Waals surface area contributed by atoms with Crippen molar-refractivity contribution in [3.05, 3.63) is 48.3 Å². The molecule has 0 radical (unpaired) electrons. The van der Waals surface area contributed by atoms with Gasteiger partial charge in [-0.3, -0.25) is 0 Å². The molecule has 6 nitrogen and oxygen atoms in total. The molecule has 3 aromatic rings. The van der Waals surface area contributed by atoms with Crippen molar-refractivity contribution < 1.29 is 14.2 Å². The third-order valence-electron chi connectivity index (χ3n) is 3.77. The Bertz CT molecular complexity index is 867. The second-order valence-corrected chi connectivity index (χ2v) is 5.13. The molecule has 0 atom stereocenters. The van der Waals surface area contributed by atoms with E-state index < -0.39 is 0 Å². The van der Waals surface area contributed by atoms with Gasteiger partial charge in [-0.15, -0.1) is 0 Å². The summed E-state index contributed by atoms with van der Waals surface area (Å²) < 4.78 is 16.1. The molecule has 2 bridgehead atoms. The van der Waals surface area contributed by atoms with Gasteiger partial charge in [-0.25, -0.2) is 9.97 Å². The van der Waals surface area contributed by atoms with Crippen LogP contribution >= 0.6 is 0 Å². The Labute approximate surface area is 133 Å². The zero-order valence-electron chi connectivity index (χ0n) is 12.6. The van der Waals surface area contributed by atoms with Crippen LogP contribution in [0.2, 0.25) is 0 Å². The Morgan fingerprint density at radius 1 is 1.13 bits per heavy atom. The first-order valence-corrected chi connectivity index (χ1v) is 7.24. The highest BCUT2D eigenvalue weighted by Gasteiger charge is 2.12. The van der Waals surface area contributed by atoms with Crippen molar-refractivity contribution in [1.82, 2.24) is 9.97 Å². The largest absolute Gasteiger partial charge is 0.497 e. The first-order valence-electron chi connectivity index (χ1n) is 7.24. The minimum Gasteiger partial charge on any atom is -0.497 e. The molecular formula is C17H15N3O3. The number of nitrogens with zero attached hydrogens (tertiary/aromatic N) is 2. The summed E-state index contributed by atoms with van der Waals surface area (Å²) in [4.78, 5) is 8.62. The highest BCUT2D eigenvalue weighted by Crippen LogP contribution is 2.30. The Kier molecular flexibility index (Phi) is 3.34. The van der Waals surface area contributed by atoms with Gasteiger partial charge in [-0.1, -0.05) is 0 Å². The molecule has 0 fully saturated rings. The molecule has 2 aromatic carbocycles. The van der Waals surface area contributed by atoms with E-state index in [9.17, 15) is 0 Å². The van der Waals surface area contributed by atoms with Gasteiger partial charge < -0.3 is 19.5 Å². The molecule has 23 heavy (non-hydrogen) atoms. The smallest absolute Gasteiger partial charge is 0.230 e. The maximum absolute atomic E-state index is 5.51. The molecular weight excluding hydrogens is 294 g/mol. The summed E-state index contributed by atoms with van der Waals surface area (Å²) in [5.74, 6) is 3.19. The van der Waals surface area contributed by atoms with Gasteiger partial charge in [-0.05, 0) is 30.3 Å². The molecule has 1 N–H and O–H groups in total. The first-order chi connectivity index (χ1) is 11.3. The van der Waals surface area contributed by atoms with Crippen LogP contribution in [0.1, 0.15) is 5.56 Å². The summed E-state index contributed by atoms with van der Waals surface area (Å²) in [5.41, 5.74) is 1.91. The van der Waals surface area contributed by atoms with Gasteiger partial charge in [0.25, 0.3) is 0 Å². The van der Waals surface area contributed by atoms with E-state index in [-0.39, 0.29) is 6.79 Å². The Hall–Kier alpha value is -3.02. The number of nitrogens with one attached hydrogen (secondary N) is 1. The lowest BCUT2D eigenvalue weighted by Crippen LogP contribution is -2.13. The molecule has 1 aliphatic heterocycles. The van der Waals surface area contributed by atoms with Crippen LogP contribution in [0.25, 0.3) is 10.9 Å². The third kappa shape index (κ3) is 2.59. The maximum atomic E-state index is 5.51. The van der Waals surface area contributed by atoms with Crippen molar-refractivity contribution in [2.24, 2.45) is 0 Å². The van der Waals surface area contributed by atoms with E-state index in [2.05, 4.69) is 15.3 Å². The van der Waals surface area contributed by atoms with Crippen molar-refractivity contribution in [2.45, 2.75) is 6.54 Å². The zero-order valence-corrected chi connectivity index (χ0v) is 12.6. The van der Waals surface area contributed by atoms with Crippen molar-refractivity contribution in [3.8, 4) is 17.2 Å². The standard InChI is InChI=1S/C17H15N3O3/c1-21-12-4-5-15-14(6-12)17(20-9-19-15)18-8-11-2-3-13-7-16(11)23-10-22-13/h2-7,9H,8,10H2,1H3,(H,18,19,20). The van der Waals surface area contributed by atoms with Crippen LogP contribution in [0.3, 0.4) is 0 Å². The van der Waals surface area contributed by atoms with Gasteiger partial charge in [0, 0.05) is 23.6 Å². The quantitative estimate of drug-likeness (QED) is 0.799. The predicted molar refractivity (Wildman–Crippen MR) is 86.0 cm³/mol. The van der Waals surface area contributed by atoms with Crippen LogP contribution in [0.4, 0.5) is 5.82 Å². The molecule has 0 unspecified atom stereocenters. The number of benzene rings is 2. The summed E-state index contributed by atoms with van der Waals surface area (Å²) in [6, 6.07) is 11.5. The van der Waals surface area contributed by atoms with Gasteiger partial charge in [0.2, 0.25) is 6.79 Å². The van der Waals surface area contributed by atoms with Crippen molar-refractivity contribution in [1.29, 1.82) is 0 Å². The molecule has 1 aromatic heterocycles. The lowest BCUT2D eigenvalue weighted by atomic mass is 10.1. The molecule has 2 heterocycles. The van der Waals surface area contributed by atoms with Crippen molar-refractivity contribution >= 4 is 16.7 Å². The van der Waals surface area contributed by atoms with Crippen LogP contribution in [-0.4, -0.2) is 23.9 Å². The maximum Gasteiger partial charge on any atom is 0.230 e. The topological polar surface area (TPSA) is 65.5 Å². The Balaban J connectivity index is 1.63. The van der Waals surface area contributed by atoms with E-state index in [0.717, 1.165) is 39.5 Å². The molecule has 4 rings (SSSR count). The van der Waals surface area contributed by atoms with E-state index in [1.54, 1.807) is 13.4 Å². The molecule has 6 heteroatoms. The fourth-order valence-corrected chi connectivity index (χ4v) is 2.55. The summed E-state index contributed by atoms with van der Waals surface area (Å²) in [5, 5.41) is 4.26. The minimum atomic E-state index is 0.253. The summed E-state index contributed by atoms with van der Waals surface area (Å²) in [6.45, 7) is 0.849. The number of aromatic nitrogens is 2. The van der Waals surface area contributed by atoms with E-state index in [1.165, 1.54) is 0 Å². The Morgan fingerprint density at radius 3 is 3.00 bits per heavy atom. The van der Waals surface area contributed by atoms with Crippen molar-refractivity contribution in [3.63, 3.8) is 0 Å². The van der Waals surface area contributed by atoms with Crippen LogP contribution in [-0.2, 0) is 6.54 Å². The number of ether oxygens (including phenoxy) is 3. The van der Waals surface area contributed by atoms with E-state index in [0.29, 0.717) is 6.54 Å². The fourth-order valence-electron chi connectivity index (χ4n) is 2.55. The molecule has 0 aliphatic carbocycles. The molecule has 0 spiro atoms. The fraction of sp³-hybridized carbons (Fsp3) is 0.176. The number of hydrogen-bond donors (Lipinski definition) is 1. The van der Waals surface area contributed by atoms with Crippen LogP contribution in [0, 0.1) is 0 Å². The molecule has 0 saturated heterocycles. The minimum absolute atomic E-state index is 0.253. The Morgan fingerprint density at radius 2 is 2.09 bits per heavy atom. The van der Waals surface area contributed by atoms with Gasteiger partial charge in [0.1, 0.15) is 29.4 Å². The van der Waals surface area contributed by atoms with Gasteiger partial charge in [0.15, 0.2) is 0 Å². The highest BCUT2D eigenvalue weighted by atomic mass is 16.7. The van der Waals surface area contributed by atoms with Gasteiger partial charge in [-0.2, -0.15) is 0 Å². The number of fused-ring (bicyclic) bond motifs is 3. The number of rotatable bonds is 4. The van der Waals surface area contributed by atoms with E-state index >= 15 is 0 Å². The zero-order chi connectivity index (χ0) is 15.6. The molecule has 0 amide bonds. The highest BCUT2D eigenvalue weighted by molar-refractivity contribution is 5.89. The van der Waals surface area contributed by atoms with Crippen LogP contribution in [0.15, 0.2) is 42.7 Å². The number of hydrogen-bond acceptors (Lipinski definition) is 6. The van der Waals surface area contributed by atoms with Crippen molar-refractivity contribution in [2.75, 3.05) is 19.2 Å². The average Bonchev–Trinajstić information content (AvgIpc) is 2.61. The van der Waals surface area contributed by atoms with Gasteiger partial charge in [0.05, 0.1) is 12.6 Å². The average molecular weight is 309 g/mol. The molecule has 0 saturated carbocycles. The SMILES string of the molecule is COc1ccc2ncnc(NCc3ccc4cc3OCO4)c2c1. The molecule has 116 valence electrons. The second kappa shape index (κ2) is 5.64. The van der Waals surface area contributed by atoms with Gasteiger partial charge >= 0.3 is 0 Å². The third-order valence-corrected chi connectivity index (χ3v) is 3.77. The monoisotopic (exact) mass is 309 g/mol. The van der Waals surface area contributed by atoms with E-state index in [1.807, 2.05) is 36.4 Å². The predicted octanol–water partition coefficient (Wildman–Crippen LogP) is 2.98. The number of anilines is 1. The lowest BCUT2D eigenvalue weighted by molar-refractivity contribution is 0.104. The lowest BCUT2D eigenvalue weighted by Gasteiger charge is -2.19. The molecule has 1 aliphatic rings.